The zero-order valence-corrected chi connectivity index (χ0v) is 14.6. The predicted octanol–water partition coefficient (Wildman–Crippen LogP) is 1.48. The van der Waals surface area contributed by atoms with Crippen LogP contribution in [-0.2, 0) is 14.3 Å². The van der Waals surface area contributed by atoms with E-state index in [0.717, 1.165) is 32.5 Å². The molecule has 1 aromatic rings. The van der Waals surface area contributed by atoms with Crippen LogP contribution in [0.15, 0.2) is 24.5 Å². The van der Waals surface area contributed by atoms with Crippen molar-refractivity contribution in [3.63, 3.8) is 0 Å². The Hall–Kier alpha value is -1.50. The average molecular weight is 333 g/mol. The van der Waals surface area contributed by atoms with Crippen LogP contribution in [0, 0.1) is 0 Å². The third-order valence-corrected chi connectivity index (χ3v) is 5.14. The Labute approximate surface area is 143 Å². The largest absolute Gasteiger partial charge is 0.378 e. The standard InChI is InChI=1S/C18H27N3O3/c1-3-24-13-17(22)20-9-6-15(7-10-20)21-12-16(23-2)18(21)14-5-4-8-19-11-14/h4-5,8,11,15-16,18H,3,6-7,9-10,12-13H2,1-2H3/t16-,18-/m0/s1. The van der Waals surface area contributed by atoms with Crippen molar-refractivity contribution in [2.45, 2.75) is 38.0 Å². The summed E-state index contributed by atoms with van der Waals surface area (Å²) in [5.74, 6) is 0.109. The molecule has 2 aliphatic rings. The lowest BCUT2D eigenvalue weighted by Crippen LogP contribution is -2.60. The SMILES string of the molecule is CCOCC(=O)N1CCC(N2C[C@H](OC)[C@@H]2c2cccnc2)CC1. The van der Waals surface area contributed by atoms with Crippen LogP contribution in [0.2, 0.25) is 0 Å². The summed E-state index contributed by atoms with van der Waals surface area (Å²) in [5.41, 5.74) is 1.21. The van der Waals surface area contributed by atoms with Crippen LogP contribution in [0.3, 0.4) is 0 Å². The van der Waals surface area contributed by atoms with Gasteiger partial charge in [0.05, 0.1) is 12.1 Å². The van der Waals surface area contributed by atoms with Gasteiger partial charge in [-0.1, -0.05) is 6.07 Å². The molecule has 0 aromatic carbocycles. The fourth-order valence-electron chi connectivity index (χ4n) is 3.76. The van der Waals surface area contributed by atoms with Gasteiger partial charge in [0.25, 0.3) is 0 Å². The van der Waals surface area contributed by atoms with E-state index in [9.17, 15) is 4.79 Å². The van der Waals surface area contributed by atoms with Crippen LogP contribution in [-0.4, -0.2) is 72.8 Å². The van der Waals surface area contributed by atoms with Crippen LogP contribution in [0.1, 0.15) is 31.4 Å². The molecule has 3 heterocycles. The summed E-state index contributed by atoms with van der Waals surface area (Å²) >= 11 is 0. The van der Waals surface area contributed by atoms with E-state index in [4.69, 9.17) is 9.47 Å². The topological polar surface area (TPSA) is 54.9 Å². The molecule has 0 bridgehead atoms. The number of carbonyl (C=O) groups is 1. The Bertz CT molecular complexity index is 532. The van der Waals surface area contributed by atoms with Crippen molar-refractivity contribution in [3.8, 4) is 0 Å². The number of aromatic nitrogens is 1. The number of likely N-dealkylation sites (tertiary alicyclic amines) is 2. The molecule has 2 fully saturated rings. The van der Waals surface area contributed by atoms with Gasteiger partial charge in [-0.05, 0) is 31.4 Å². The maximum Gasteiger partial charge on any atom is 0.248 e. The number of carbonyl (C=O) groups excluding carboxylic acids is 1. The van der Waals surface area contributed by atoms with Crippen LogP contribution in [0.5, 0.6) is 0 Å². The van der Waals surface area contributed by atoms with E-state index in [1.807, 2.05) is 24.1 Å². The Morgan fingerprint density at radius 1 is 1.38 bits per heavy atom. The summed E-state index contributed by atoms with van der Waals surface area (Å²) in [5, 5.41) is 0. The molecule has 0 radical (unpaired) electrons. The summed E-state index contributed by atoms with van der Waals surface area (Å²) < 4.78 is 10.9. The lowest BCUT2D eigenvalue weighted by Gasteiger charge is -2.52. The third kappa shape index (κ3) is 3.61. The third-order valence-electron chi connectivity index (χ3n) is 5.14. The van der Waals surface area contributed by atoms with E-state index >= 15 is 0 Å². The summed E-state index contributed by atoms with van der Waals surface area (Å²) in [4.78, 5) is 20.7. The molecule has 0 saturated carbocycles. The lowest BCUT2D eigenvalue weighted by molar-refractivity contribution is -0.141. The number of hydrogen-bond donors (Lipinski definition) is 0. The minimum atomic E-state index is 0.109. The van der Waals surface area contributed by atoms with Crippen LogP contribution in [0.4, 0.5) is 0 Å². The van der Waals surface area contributed by atoms with Gasteiger partial charge in [0, 0.05) is 51.8 Å². The highest BCUT2D eigenvalue weighted by Crippen LogP contribution is 2.39. The van der Waals surface area contributed by atoms with Crippen molar-refractivity contribution in [1.82, 2.24) is 14.8 Å². The monoisotopic (exact) mass is 333 g/mol. The zero-order chi connectivity index (χ0) is 16.9. The Morgan fingerprint density at radius 3 is 2.79 bits per heavy atom. The number of hydrogen-bond acceptors (Lipinski definition) is 5. The first-order chi connectivity index (χ1) is 11.7. The van der Waals surface area contributed by atoms with Gasteiger partial charge in [0.2, 0.25) is 5.91 Å². The number of nitrogens with zero attached hydrogens (tertiary/aromatic N) is 3. The molecular weight excluding hydrogens is 306 g/mol. The fraction of sp³-hybridized carbons (Fsp3) is 0.667. The van der Waals surface area contributed by atoms with E-state index < -0.39 is 0 Å². The highest BCUT2D eigenvalue weighted by atomic mass is 16.5. The van der Waals surface area contributed by atoms with Gasteiger partial charge in [-0.3, -0.25) is 14.7 Å². The molecule has 6 nitrogen and oxygen atoms in total. The smallest absolute Gasteiger partial charge is 0.248 e. The van der Waals surface area contributed by atoms with Gasteiger partial charge in [-0.25, -0.2) is 0 Å². The number of methoxy groups -OCH3 is 1. The molecule has 2 saturated heterocycles. The molecule has 1 amide bonds. The van der Waals surface area contributed by atoms with E-state index in [1.165, 1.54) is 5.56 Å². The fourth-order valence-corrected chi connectivity index (χ4v) is 3.76. The van der Waals surface area contributed by atoms with Gasteiger partial charge >= 0.3 is 0 Å². The molecule has 2 aliphatic heterocycles. The first kappa shape index (κ1) is 17.3. The van der Waals surface area contributed by atoms with Gasteiger partial charge < -0.3 is 14.4 Å². The van der Waals surface area contributed by atoms with Gasteiger partial charge in [0.1, 0.15) is 6.61 Å². The van der Waals surface area contributed by atoms with Crippen LogP contribution < -0.4 is 0 Å². The van der Waals surface area contributed by atoms with E-state index in [-0.39, 0.29) is 24.7 Å². The maximum absolute atomic E-state index is 12.1. The molecule has 3 rings (SSSR count). The Kier molecular flexibility index (Phi) is 5.81. The summed E-state index contributed by atoms with van der Waals surface area (Å²) in [6.45, 7) is 5.27. The maximum atomic E-state index is 12.1. The minimum absolute atomic E-state index is 0.109. The van der Waals surface area contributed by atoms with E-state index in [2.05, 4.69) is 16.0 Å². The molecule has 2 atom stereocenters. The van der Waals surface area contributed by atoms with E-state index in [0.29, 0.717) is 12.6 Å². The molecule has 132 valence electrons. The van der Waals surface area contributed by atoms with Gasteiger partial charge in [-0.15, -0.1) is 0 Å². The molecule has 0 spiro atoms. The van der Waals surface area contributed by atoms with Crippen molar-refractivity contribution >= 4 is 5.91 Å². The molecule has 1 aromatic heterocycles. The van der Waals surface area contributed by atoms with E-state index in [1.54, 1.807) is 13.3 Å². The predicted molar refractivity (Wildman–Crippen MR) is 90.6 cm³/mol. The first-order valence-electron chi connectivity index (χ1n) is 8.78. The quantitative estimate of drug-likeness (QED) is 0.789. The first-order valence-corrected chi connectivity index (χ1v) is 8.78. The molecular formula is C18H27N3O3. The molecule has 0 aliphatic carbocycles. The van der Waals surface area contributed by atoms with Gasteiger partial charge in [0.15, 0.2) is 0 Å². The normalized spacial score (nSPS) is 25.5. The summed E-state index contributed by atoms with van der Waals surface area (Å²) in [6, 6.07) is 4.88. The number of amides is 1. The van der Waals surface area contributed by atoms with Crippen molar-refractivity contribution in [1.29, 1.82) is 0 Å². The molecule has 0 unspecified atom stereocenters. The second-order valence-electron chi connectivity index (χ2n) is 6.45. The van der Waals surface area contributed by atoms with Crippen molar-refractivity contribution in [2.75, 3.05) is 40.0 Å². The Balaban J connectivity index is 1.57. The molecule has 0 N–H and O–H groups in total. The number of piperidine rings is 1. The van der Waals surface area contributed by atoms with Crippen molar-refractivity contribution in [2.24, 2.45) is 0 Å². The van der Waals surface area contributed by atoms with Gasteiger partial charge in [-0.2, -0.15) is 0 Å². The summed E-state index contributed by atoms with van der Waals surface area (Å²) in [7, 11) is 1.78. The highest BCUT2D eigenvalue weighted by Gasteiger charge is 2.44. The Morgan fingerprint density at radius 2 is 2.17 bits per heavy atom. The second-order valence-corrected chi connectivity index (χ2v) is 6.45. The number of pyridine rings is 1. The van der Waals surface area contributed by atoms with Crippen molar-refractivity contribution in [3.05, 3.63) is 30.1 Å². The number of ether oxygens (including phenoxy) is 2. The van der Waals surface area contributed by atoms with Crippen LogP contribution in [0.25, 0.3) is 0 Å². The lowest BCUT2D eigenvalue weighted by atomic mass is 9.87. The highest BCUT2D eigenvalue weighted by molar-refractivity contribution is 5.77. The number of rotatable bonds is 6. The zero-order valence-electron chi connectivity index (χ0n) is 14.6. The van der Waals surface area contributed by atoms with Crippen LogP contribution >= 0.6 is 0 Å². The molecule has 6 heteroatoms. The average Bonchev–Trinajstić information content (AvgIpc) is 2.60. The minimum Gasteiger partial charge on any atom is -0.378 e. The summed E-state index contributed by atoms with van der Waals surface area (Å²) in [6.07, 6.45) is 5.98. The molecule has 24 heavy (non-hydrogen) atoms. The van der Waals surface area contributed by atoms with Crippen molar-refractivity contribution < 1.29 is 14.3 Å². The second kappa shape index (κ2) is 8.05.